The molecule has 1 aromatic heterocycles. The molecule has 0 saturated carbocycles. The van der Waals surface area contributed by atoms with E-state index in [9.17, 15) is 24.0 Å². The van der Waals surface area contributed by atoms with E-state index in [4.69, 9.17) is 27.9 Å². The first kappa shape index (κ1) is 33.1. The summed E-state index contributed by atoms with van der Waals surface area (Å²) in [5.74, 6) is 0.117. The standard InChI is InChI=1S/C32H36Cl2N6O6/c1-19(16-35-20(2)41)40-30(43)25(24-5-4-6-26(33)29(24)34)17-38(32(40)45)18-28(42)37-12-10-22(11-13-37)39-14-9-21-15-23(46-3)7-8-27(21)36-31(39)44/h4-8,15,17,19,22H,9-14,16,18H2,1-3H3,(H,35,41)(H,36,44). The molecule has 1 unspecified atom stereocenters. The van der Waals surface area contributed by atoms with Crippen LogP contribution in [0.5, 0.6) is 5.75 Å². The second-order valence-corrected chi connectivity index (χ2v) is 12.3. The number of nitrogens with zero attached hydrogens (tertiary/aromatic N) is 4. The van der Waals surface area contributed by atoms with Gasteiger partial charge in [0.05, 0.1) is 28.8 Å². The van der Waals surface area contributed by atoms with Crippen LogP contribution in [0.15, 0.2) is 52.2 Å². The van der Waals surface area contributed by atoms with Gasteiger partial charge in [0.25, 0.3) is 5.56 Å². The molecule has 5 rings (SSSR count). The fourth-order valence-corrected chi connectivity index (χ4v) is 6.38. The lowest BCUT2D eigenvalue weighted by molar-refractivity contribution is -0.133. The van der Waals surface area contributed by atoms with Gasteiger partial charge in [-0.1, -0.05) is 35.3 Å². The zero-order valence-electron chi connectivity index (χ0n) is 25.8. The van der Waals surface area contributed by atoms with E-state index in [2.05, 4.69) is 10.6 Å². The molecule has 2 aliphatic heterocycles. The molecule has 2 aliphatic rings. The number of hydrogen-bond donors (Lipinski definition) is 2. The maximum absolute atomic E-state index is 13.6. The first-order valence-corrected chi connectivity index (χ1v) is 15.8. The predicted molar refractivity (Wildman–Crippen MR) is 176 cm³/mol. The number of aromatic nitrogens is 2. The van der Waals surface area contributed by atoms with Crippen LogP contribution in [0, 0.1) is 0 Å². The predicted octanol–water partition coefficient (Wildman–Crippen LogP) is 3.77. The molecule has 12 nitrogen and oxygen atoms in total. The highest BCUT2D eigenvalue weighted by molar-refractivity contribution is 6.43. The van der Waals surface area contributed by atoms with Crippen LogP contribution in [0.3, 0.4) is 0 Å². The highest BCUT2D eigenvalue weighted by Crippen LogP contribution is 2.32. The third-order valence-electron chi connectivity index (χ3n) is 8.52. The molecular weight excluding hydrogens is 635 g/mol. The van der Waals surface area contributed by atoms with Gasteiger partial charge in [0.2, 0.25) is 11.8 Å². The smallest absolute Gasteiger partial charge is 0.331 e. The van der Waals surface area contributed by atoms with Gasteiger partial charge in [-0.3, -0.25) is 23.5 Å². The van der Waals surface area contributed by atoms with E-state index in [-0.39, 0.29) is 52.6 Å². The lowest BCUT2D eigenvalue weighted by Gasteiger charge is -2.38. The number of ether oxygens (including phenoxy) is 1. The van der Waals surface area contributed by atoms with Crippen LogP contribution < -0.4 is 26.6 Å². The van der Waals surface area contributed by atoms with Crippen LogP contribution in [-0.2, 0) is 22.6 Å². The Balaban J connectivity index is 1.33. The number of nitrogens with one attached hydrogen (secondary N) is 2. The van der Waals surface area contributed by atoms with Gasteiger partial charge < -0.3 is 25.2 Å². The number of carbonyl (C=O) groups excluding carboxylic acids is 3. The van der Waals surface area contributed by atoms with Crippen molar-refractivity contribution in [2.45, 2.75) is 51.7 Å². The Labute approximate surface area is 275 Å². The number of anilines is 1. The molecule has 1 saturated heterocycles. The number of halogens is 2. The summed E-state index contributed by atoms with van der Waals surface area (Å²) >= 11 is 12.7. The number of carbonyl (C=O) groups is 3. The van der Waals surface area contributed by atoms with E-state index < -0.39 is 17.3 Å². The van der Waals surface area contributed by atoms with E-state index in [1.165, 1.54) is 17.7 Å². The summed E-state index contributed by atoms with van der Waals surface area (Å²) in [4.78, 5) is 68.9. The molecule has 3 aromatic rings. The fourth-order valence-electron chi connectivity index (χ4n) is 5.98. The van der Waals surface area contributed by atoms with Gasteiger partial charge >= 0.3 is 11.7 Å². The number of methoxy groups -OCH3 is 1. The van der Waals surface area contributed by atoms with Crippen LogP contribution in [0.1, 0.15) is 38.3 Å². The largest absolute Gasteiger partial charge is 0.497 e. The van der Waals surface area contributed by atoms with E-state index in [0.717, 1.165) is 21.6 Å². The Morgan fingerprint density at radius 1 is 1.07 bits per heavy atom. The third kappa shape index (κ3) is 6.92. The highest BCUT2D eigenvalue weighted by Gasteiger charge is 2.32. The fraction of sp³-hybridized carbons (Fsp3) is 0.406. The van der Waals surface area contributed by atoms with Gasteiger partial charge in [0.15, 0.2) is 0 Å². The van der Waals surface area contributed by atoms with E-state index in [0.29, 0.717) is 44.5 Å². The normalized spacial score (nSPS) is 15.9. The topological polar surface area (TPSA) is 135 Å². The van der Waals surface area contributed by atoms with Gasteiger partial charge in [-0.25, -0.2) is 9.59 Å². The molecule has 46 heavy (non-hydrogen) atoms. The van der Waals surface area contributed by atoms with Crippen LogP contribution in [0.4, 0.5) is 10.5 Å². The minimum atomic E-state index is -0.717. The second-order valence-electron chi connectivity index (χ2n) is 11.5. The Bertz CT molecular complexity index is 1780. The molecule has 1 fully saturated rings. The number of likely N-dealkylation sites (tertiary alicyclic amines) is 1. The van der Waals surface area contributed by atoms with Crippen molar-refractivity contribution in [3.8, 4) is 16.9 Å². The number of hydrogen-bond acceptors (Lipinski definition) is 6. The number of benzene rings is 2. The van der Waals surface area contributed by atoms with Crippen molar-refractivity contribution in [1.29, 1.82) is 0 Å². The zero-order chi connectivity index (χ0) is 33.1. The number of urea groups is 1. The van der Waals surface area contributed by atoms with E-state index >= 15 is 0 Å². The minimum Gasteiger partial charge on any atom is -0.497 e. The first-order valence-electron chi connectivity index (χ1n) is 15.1. The maximum Gasteiger partial charge on any atom is 0.331 e. The summed E-state index contributed by atoms with van der Waals surface area (Å²) in [7, 11) is 1.61. The SMILES string of the molecule is COc1ccc2c(c1)CCN(C1CCN(C(=O)Cn3cc(-c4cccc(Cl)c4Cl)c(=O)n(C(C)CNC(C)=O)c3=O)CC1)C(=O)N2. The summed E-state index contributed by atoms with van der Waals surface area (Å²) in [6.07, 6.45) is 3.15. The van der Waals surface area contributed by atoms with Crippen molar-refractivity contribution in [3.63, 3.8) is 0 Å². The maximum atomic E-state index is 13.6. The highest BCUT2D eigenvalue weighted by atomic mass is 35.5. The van der Waals surface area contributed by atoms with Gasteiger partial charge in [0, 0.05) is 56.6 Å². The molecular formula is C32H36Cl2N6O6. The number of piperidine rings is 1. The second kappa shape index (κ2) is 14.0. The van der Waals surface area contributed by atoms with Gasteiger partial charge in [0.1, 0.15) is 12.3 Å². The quantitative estimate of drug-likeness (QED) is 0.375. The molecule has 0 spiro atoms. The number of rotatable bonds is 8. The summed E-state index contributed by atoms with van der Waals surface area (Å²) in [5, 5.41) is 6.00. The molecule has 2 aromatic carbocycles. The van der Waals surface area contributed by atoms with Crippen LogP contribution in [0.25, 0.3) is 11.1 Å². The van der Waals surface area contributed by atoms with Crippen molar-refractivity contribution >= 4 is 46.7 Å². The molecule has 1 atom stereocenters. The monoisotopic (exact) mass is 670 g/mol. The molecule has 0 bridgehead atoms. The van der Waals surface area contributed by atoms with Crippen molar-refractivity contribution in [2.75, 3.05) is 38.6 Å². The summed E-state index contributed by atoms with van der Waals surface area (Å²) in [6, 6.07) is 9.46. The summed E-state index contributed by atoms with van der Waals surface area (Å²) in [5.41, 5.74) is 0.868. The molecule has 3 heterocycles. The van der Waals surface area contributed by atoms with Crippen molar-refractivity contribution in [2.24, 2.45) is 0 Å². The van der Waals surface area contributed by atoms with Gasteiger partial charge in [-0.15, -0.1) is 0 Å². The molecule has 4 amide bonds. The van der Waals surface area contributed by atoms with Gasteiger partial charge in [-0.05, 0) is 56.0 Å². The Morgan fingerprint density at radius 3 is 2.50 bits per heavy atom. The number of amides is 4. The first-order chi connectivity index (χ1) is 22.0. The average molecular weight is 672 g/mol. The zero-order valence-corrected chi connectivity index (χ0v) is 27.4. The van der Waals surface area contributed by atoms with Crippen LogP contribution >= 0.6 is 23.2 Å². The van der Waals surface area contributed by atoms with Crippen LogP contribution in [0.2, 0.25) is 10.0 Å². The molecule has 2 N–H and O–H groups in total. The van der Waals surface area contributed by atoms with E-state index in [1.807, 2.05) is 23.1 Å². The Hall–Kier alpha value is -4.29. The summed E-state index contributed by atoms with van der Waals surface area (Å²) in [6.45, 7) is 4.01. The van der Waals surface area contributed by atoms with E-state index in [1.54, 1.807) is 37.1 Å². The van der Waals surface area contributed by atoms with Gasteiger partial charge in [-0.2, -0.15) is 0 Å². The van der Waals surface area contributed by atoms with Crippen LogP contribution in [-0.4, -0.2) is 76.1 Å². The van der Waals surface area contributed by atoms with Crippen molar-refractivity contribution in [1.82, 2.24) is 24.3 Å². The summed E-state index contributed by atoms with van der Waals surface area (Å²) < 4.78 is 7.55. The minimum absolute atomic E-state index is 0.0291. The molecule has 14 heteroatoms. The molecule has 0 aliphatic carbocycles. The Morgan fingerprint density at radius 2 is 1.80 bits per heavy atom. The lowest BCUT2D eigenvalue weighted by atomic mass is 10.0. The number of fused-ring (bicyclic) bond motifs is 1. The average Bonchev–Trinajstić information content (AvgIpc) is 3.20. The molecule has 244 valence electrons. The molecule has 0 radical (unpaired) electrons. The Kier molecular flexibility index (Phi) is 10.1. The lowest BCUT2D eigenvalue weighted by Crippen LogP contribution is -2.51. The van der Waals surface area contributed by atoms with Crippen molar-refractivity contribution < 1.29 is 19.1 Å². The van der Waals surface area contributed by atoms with Crippen molar-refractivity contribution in [3.05, 3.63) is 79.0 Å². The third-order valence-corrected chi connectivity index (χ3v) is 9.33.